The largest absolute Gasteiger partial charge is 0.456 e. The molecule has 0 saturated heterocycles. The fraction of sp³-hybridized carbons (Fsp3) is 0.0448. The summed E-state index contributed by atoms with van der Waals surface area (Å²) in [5, 5.41) is 19.5. The predicted molar refractivity (Wildman–Crippen MR) is 298 cm³/mol. The van der Waals surface area contributed by atoms with Crippen molar-refractivity contribution < 1.29 is 4.42 Å². The predicted octanol–water partition coefficient (Wildman–Crippen LogP) is 19.2. The van der Waals surface area contributed by atoms with E-state index < -0.39 is 0 Å². The van der Waals surface area contributed by atoms with E-state index in [0.717, 1.165) is 45.0 Å². The van der Waals surface area contributed by atoms with Crippen LogP contribution < -0.4 is 9.80 Å². The maximum Gasteiger partial charge on any atom is 0.137 e. The van der Waals surface area contributed by atoms with Gasteiger partial charge in [0.05, 0.1) is 22.7 Å². The first-order valence-corrected chi connectivity index (χ1v) is 24.3. The smallest absolute Gasteiger partial charge is 0.137 e. The minimum atomic E-state index is -0.311. The van der Waals surface area contributed by atoms with E-state index in [4.69, 9.17) is 4.42 Å². The van der Waals surface area contributed by atoms with Crippen LogP contribution in [0.2, 0.25) is 0 Å². The molecule has 0 amide bonds. The van der Waals surface area contributed by atoms with Crippen LogP contribution in [-0.2, 0) is 5.41 Å². The number of benzene rings is 13. The Labute approximate surface area is 404 Å². The molecule has 13 aromatic carbocycles. The Morgan fingerprint density at radius 2 is 0.914 bits per heavy atom. The van der Waals surface area contributed by atoms with Crippen molar-refractivity contribution in [3.8, 4) is 0 Å². The van der Waals surface area contributed by atoms with Crippen LogP contribution >= 0.6 is 0 Å². The number of hydrogen-bond donors (Lipinski definition) is 0. The van der Waals surface area contributed by atoms with E-state index in [1.165, 1.54) is 97.6 Å². The number of nitrogens with zero attached hydrogens (tertiary/aromatic N) is 2. The molecule has 3 nitrogen and oxygen atoms in total. The molecular weight excluding hydrogens is 849 g/mol. The Kier molecular flexibility index (Phi) is 8.13. The molecule has 1 aliphatic heterocycles. The van der Waals surface area contributed by atoms with Crippen LogP contribution in [0.3, 0.4) is 0 Å². The van der Waals surface area contributed by atoms with E-state index in [1.54, 1.807) is 0 Å². The highest BCUT2D eigenvalue weighted by molar-refractivity contribution is 6.28. The monoisotopic (exact) mass is 892 g/mol. The Hall–Kier alpha value is -8.92. The number of anilines is 6. The molecule has 0 N–H and O–H groups in total. The minimum Gasteiger partial charge on any atom is -0.456 e. The Bertz CT molecular complexity index is 4530. The quantitative estimate of drug-likeness (QED) is 0.164. The van der Waals surface area contributed by atoms with Gasteiger partial charge in [-0.05, 0) is 130 Å². The van der Waals surface area contributed by atoms with Gasteiger partial charge in [-0.3, -0.25) is 0 Å². The first kappa shape index (κ1) is 39.1. The first-order valence-electron chi connectivity index (χ1n) is 24.3. The van der Waals surface area contributed by atoms with Gasteiger partial charge < -0.3 is 14.2 Å². The SMILES string of the molecule is CC1(C)c2ccccc2N(c2cc3c4ccccc4c(N(c4ccccc4)c4ccc5ccccc5c4)cc3c3ccccc23)c2cc3oc4ccc5c6ccc7ccccc7c6ccc5c4c3cc21. The lowest BCUT2D eigenvalue weighted by Gasteiger charge is -2.42. The summed E-state index contributed by atoms with van der Waals surface area (Å²) >= 11 is 0. The summed E-state index contributed by atoms with van der Waals surface area (Å²) in [4.78, 5) is 4.96. The van der Waals surface area contributed by atoms with Gasteiger partial charge in [0.2, 0.25) is 0 Å². The highest BCUT2D eigenvalue weighted by Gasteiger charge is 2.38. The van der Waals surface area contributed by atoms with Gasteiger partial charge in [0.15, 0.2) is 0 Å². The van der Waals surface area contributed by atoms with Gasteiger partial charge in [-0.25, -0.2) is 0 Å². The highest BCUT2D eigenvalue weighted by atomic mass is 16.3. The second-order valence-electron chi connectivity index (χ2n) is 19.6. The van der Waals surface area contributed by atoms with Crippen molar-refractivity contribution in [3.05, 3.63) is 242 Å². The molecule has 14 aromatic rings. The first-order chi connectivity index (χ1) is 34.5. The lowest BCUT2D eigenvalue weighted by molar-refractivity contribution is 0.631. The summed E-state index contributed by atoms with van der Waals surface area (Å²) in [6.45, 7) is 4.77. The fourth-order valence-corrected chi connectivity index (χ4v) is 12.2. The standard InChI is InChI=1S/C67H44N2O/c1-67(2)58-26-14-15-27-60(58)69(63-40-65-57(37-59(63)67)66-54-33-32-49-46-21-9-8-17-42(46)29-31-50(49)51(54)34-35-64(66)70-65)62-39-56-47-22-10-12-24-52(47)61(38-55(56)48-23-11-13-25-53(48)62)68(44-19-4-3-5-20-44)45-30-28-41-16-6-7-18-43(41)36-45/h3-40H,1-2H3. The average molecular weight is 893 g/mol. The number of rotatable bonds is 4. The van der Waals surface area contributed by atoms with E-state index in [0.29, 0.717) is 0 Å². The molecule has 328 valence electrons. The van der Waals surface area contributed by atoms with Crippen molar-refractivity contribution >= 4 is 131 Å². The Balaban J connectivity index is 0.988. The van der Waals surface area contributed by atoms with Gasteiger partial charge in [0, 0.05) is 44.4 Å². The third-order valence-corrected chi connectivity index (χ3v) is 15.5. The highest BCUT2D eigenvalue weighted by Crippen LogP contribution is 2.56. The van der Waals surface area contributed by atoms with Crippen molar-refractivity contribution in [3.63, 3.8) is 0 Å². The van der Waals surface area contributed by atoms with Gasteiger partial charge in [-0.2, -0.15) is 0 Å². The van der Waals surface area contributed by atoms with Gasteiger partial charge in [0.25, 0.3) is 0 Å². The van der Waals surface area contributed by atoms with Crippen LogP contribution in [0.4, 0.5) is 34.1 Å². The van der Waals surface area contributed by atoms with Crippen LogP contribution in [0, 0.1) is 0 Å². The number of hydrogen-bond acceptors (Lipinski definition) is 3. The second-order valence-corrected chi connectivity index (χ2v) is 19.6. The molecule has 70 heavy (non-hydrogen) atoms. The van der Waals surface area contributed by atoms with Crippen molar-refractivity contribution in [1.29, 1.82) is 0 Å². The third-order valence-electron chi connectivity index (χ3n) is 15.5. The Morgan fingerprint density at radius 1 is 0.329 bits per heavy atom. The minimum absolute atomic E-state index is 0.311. The normalized spacial score (nSPS) is 13.4. The van der Waals surface area contributed by atoms with Crippen LogP contribution in [0.25, 0.3) is 97.3 Å². The van der Waals surface area contributed by atoms with Crippen LogP contribution in [0.15, 0.2) is 235 Å². The summed E-state index contributed by atoms with van der Waals surface area (Å²) in [7, 11) is 0. The van der Waals surface area contributed by atoms with E-state index in [1.807, 2.05) is 0 Å². The van der Waals surface area contributed by atoms with Gasteiger partial charge in [-0.1, -0.05) is 184 Å². The molecule has 0 unspecified atom stereocenters. The number of fused-ring (bicyclic) bond motifs is 17. The summed E-state index contributed by atoms with van der Waals surface area (Å²) in [6, 6.07) is 85.1. The molecule has 1 aliphatic rings. The van der Waals surface area contributed by atoms with Gasteiger partial charge >= 0.3 is 0 Å². The average Bonchev–Trinajstić information content (AvgIpc) is 3.79. The van der Waals surface area contributed by atoms with Crippen LogP contribution in [-0.4, -0.2) is 0 Å². The molecule has 0 aliphatic carbocycles. The van der Waals surface area contributed by atoms with E-state index in [9.17, 15) is 0 Å². The van der Waals surface area contributed by atoms with Crippen molar-refractivity contribution in [1.82, 2.24) is 0 Å². The maximum atomic E-state index is 6.97. The molecule has 0 fully saturated rings. The second kappa shape index (κ2) is 14.5. The number of furan rings is 1. The van der Waals surface area contributed by atoms with E-state index >= 15 is 0 Å². The summed E-state index contributed by atoms with van der Waals surface area (Å²) < 4.78 is 6.97. The van der Waals surface area contributed by atoms with Crippen LogP contribution in [0.5, 0.6) is 0 Å². The van der Waals surface area contributed by atoms with E-state index in [2.05, 4.69) is 254 Å². The zero-order chi connectivity index (χ0) is 46.2. The van der Waals surface area contributed by atoms with Crippen molar-refractivity contribution in [2.24, 2.45) is 0 Å². The lowest BCUT2D eigenvalue weighted by atomic mass is 9.73. The van der Waals surface area contributed by atoms with Crippen molar-refractivity contribution in [2.75, 3.05) is 9.80 Å². The molecule has 0 atom stereocenters. The summed E-state index contributed by atoms with van der Waals surface area (Å²) in [5.41, 5.74) is 10.8. The molecule has 2 heterocycles. The summed E-state index contributed by atoms with van der Waals surface area (Å²) in [6.07, 6.45) is 0. The molecule has 15 rings (SSSR count). The molecule has 0 saturated carbocycles. The lowest BCUT2D eigenvalue weighted by Crippen LogP contribution is -2.30. The zero-order valence-corrected chi connectivity index (χ0v) is 38.7. The topological polar surface area (TPSA) is 19.6 Å². The van der Waals surface area contributed by atoms with Gasteiger partial charge in [0.1, 0.15) is 11.2 Å². The zero-order valence-electron chi connectivity index (χ0n) is 38.7. The van der Waals surface area contributed by atoms with Gasteiger partial charge in [-0.15, -0.1) is 0 Å². The fourth-order valence-electron chi connectivity index (χ4n) is 12.2. The Morgan fingerprint density at radius 3 is 1.76 bits per heavy atom. The molecular formula is C67H44N2O. The molecule has 0 spiro atoms. The third kappa shape index (κ3) is 5.52. The summed E-state index contributed by atoms with van der Waals surface area (Å²) in [5.74, 6) is 0. The molecule has 0 bridgehead atoms. The molecule has 3 heteroatoms. The number of para-hydroxylation sites is 2. The molecule has 1 aromatic heterocycles. The van der Waals surface area contributed by atoms with Crippen LogP contribution in [0.1, 0.15) is 25.0 Å². The molecule has 0 radical (unpaired) electrons. The van der Waals surface area contributed by atoms with Crippen molar-refractivity contribution in [2.45, 2.75) is 19.3 Å². The van der Waals surface area contributed by atoms with E-state index in [-0.39, 0.29) is 5.41 Å². The maximum absolute atomic E-state index is 6.97.